The summed E-state index contributed by atoms with van der Waals surface area (Å²) in [6.45, 7) is 4.30. The summed E-state index contributed by atoms with van der Waals surface area (Å²) in [5, 5.41) is 9.92. The Morgan fingerprint density at radius 3 is 2.67 bits per heavy atom. The predicted octanol–water partition coefficient (Wildman–Crippen LogP) is 3.89. The molecule has 0 aromatic rings. The van der Waals surface area contributed by atoms with E-state index in [1.165, 1.54) is 28.6 Å². The maximum atomic E-state index is 9.92. The zero-order chi connectivity index (χ0) is 11.1. The zero-order valence-electron chi connectivity index (χ0n) is 9.74. The van der Waals surface area contributed by atoms with Crippen LogP contribution in [0.2, 0.25) is 0 Å². The molecule has 1 N–H and O–H groups in total. The van der Waals surface area contributed by atoms with Crippen molar-refractivity contribution in [2.75, 3.05) is 11.5 Å². The van der Waals surface area contributed by atoms with Crippen molar-refractivity contribution >= 4 is 23.5 Å². The van der Waals surface area contributed by atoms with Crippen LogP contribution < -0.4 is 0 Å². The molecule has 0 aromatic heterocycles. The van der Waals surface area contributed by atoms with Gasteiger partial charge in [-0.2, -0.15) is 0 Å². The van der Waals surface area contributed by atoms with Gasteiger partial charge in [0.25, 0.3) is 0 Å². The van der Waals surface area contributed by atoms with Crippen LogP contribution in [0, 0.1) is 5.92 Å². The van der Waals surface area contributed by atoms with E-state index in [0.29, 0.717) is 5.92 Å². The van der Waals surface area contributed by atoms with Crippen molar-refractivity contribution in [2.24, 2.45) is 5.92 Å². The Morgan fingerprint density at radius 1 is 1.40 bits per heavy atom. The first kappa shape index (κ1) is 13.5. The molecule has 1 saturated heterocycles. The Kier molecular flexibility index (Phi) is 6.86. The van der Waals surface area contributed by atoms with Gasteiger partial charge in [-0.05, 0) is 24.3 Å². The highest BCUT2D eigenvalue weighted by Gasteiger charge is 2.14. The highest BCUT2D eigenvalue weighted by atomic mass is 32.2. The van der Waals surface area contributed by atoms with Gasteiger partial charge in [-0.3, -0.25) is 0 Å². The molecule has 1 aliphatic rings. The van der Waals surface area contributed by atoms with Crippen molar-refractivity contribution in [3.8, 4) is 0 Å². The first-order chi connectivity index (χ1) is 7.24. The van der Waals surface area contributed by atoms with Crippen LogP contribution in [0.4, 0.5) is 0 Å². The Morgan fingerprint density at radius 2 is 2.07 bits per heavy atom. The van der Waals surface area contributed by atoms with E-state index in [9.17, 15) is 5.11 Å². The van der Waals surface area contributed by atoms with Crippen LogP contribution in [-0.2, 0) is 0 Å². The van der Waals surface area contributed by atoms with Crippen LogP contribution in [0.1, 0.15) is 39.5 Å². The summed E-state index contributed by atoms with van der Waals surface area (Å²) in [5.74, 6) is 2.80. The van der Waals surface area contributed by atoms with Gasteiger partial charge in [0.1, 0.15) is 0 Å². The molecule has 0 spiro atoms. The van der Waals surface area contributed by atoms with E-state index < -0.39 is 0 Å². The average molecular weight is 246 g/mol. The lowest BCUT2D eigenvalue weighted by atomic mass is 10.0. The van der Waals surface area contributed by atoms with Crippen molar-refractivity contribution in [2.45, 2.75) is 45.6 Å². The fourth-order valence-electron chi connectivity index (χ4n) is 1.54. The number of hydrogen-bond acceptors (Lipinski definition) is 3. The highest BCUT2D eigenvalue weighted by molar-refractivity contribution is 8.22. The van der Waals surface area contributed by atoms with Gasteiger partial charge in [-0.25, -0.2) is 0 Å². The Hall–Kier alpha value is 0.400. The molecule has 1 rings (SSSR count). The minimum atomic E-state index is -0.152. The molecule has 0 bridgehead atoms. The van der Waals surface area contributed by atoms with Crippen LogP contribution >= 0.6 is 23.5 Å². The average Bonchev–Trinajstić information content (AvgIpc) is 2.27. The maximum absolute atomic E-state index is 9.92. The molecule has 15 heavy (non-hydrogen) atoms. The van der Waals surface area contributed by atoms with Gasteiger partial charge in [0.05, 0.1) is 6.10 Å². The van der Waals surface area contributed by atoms with Gasteiger partial charge in [-0.1, -0.05) is 32.8 Å². The van der Waals surface area contributed by atoms with Crippen LogP contribution in [-0.4, -0.2) is 22.7 Å². The van der Waals surface area contributed by atoms with Gasteiger partial charge < -0.3 is 5.11 Å². The molecule has 0 amide bonds. The van der Waals surface area contributed by atoms with E-state index in [4.69, 9.17) is 0 Å². The maximum Gasteiger partial charge on any atom is 0.0600 e. The minimum Gasteiger partial charge on any atom is -0.393 e. The summed E-state index contributed by atoms with van der Waals surface area (Å²) in [4.78, 5) is 0. The SMILES string of the molecule is CCCC[C@@H](O)[C@@H](C)C=C1SCCCS1. The molecule has 1 aliphatic heterocycles. The highest BCUT2D eigenvalue weighted by Crippen LogP contribution is 2.35. The minimum absolute atomic E-state index is 0.152. The number of hydrogen-bond donors (Lipinski definition) is 1. The molecule has 3 heteroatoms. The normalized spacial score (nSPS) is 21.1. The summed E-state index contributed by atoms with van der Waals surface area (Å²) < 4.78 is 1.42. The number of thioether (sulfide) groups is 2. The molecule has 1 heterocycles. The van der Waals surface area contributed by atoms with Crippen molar-refractivity contribution in [3.63, 3.8) is 0 Å². The summed E-state index contributed by atoms with van der Waals surface area (Å²) in [6.07, 6.45) is 6.67. The largest absolute Gasteiger partial charge is 0.393 e. The van der Waals surface area contributed by atoms with Gasteiger partial charge in [0.2, 0.25) is 0 Å². The molecule has 0 radical (unpaired) electrons. The van der Waals surface area contributed by atoms with E-state index >= 15 is 0 Å². The zero-order valence-corrected chi connectivity index (χ0v) is 11.4. The van der Waals surface area contributed by atoms with Gasteiger partial charge >= 0.3 is 0 Å². The van der Waals surface area contributed by atoms with E-state index in [-0.39, 0.29) is 6.10 Å². The van der Waals surface area contributed by atoms with Crippen LogP contribution in [0.25, 0.3) is 0 Å². The van der Waals surface area contributed by atoms with Gasteiger partial charge in [0.15, 0.2) is 0 Å². The summed E-state index contributed by atoms with van der Waals surface area (Å²) in [7, 11) is 0. The number of aliphatic hydroxyl groups is 1. The monoisotopic (exact) mass is 246 g/mol. The number of aliphatic hydroxyl groups excluding tert-OH is 1. The Bertz CT molecular complexity index is 196. The fourth-order valence-corrected chi connectivity index (χ4v) is 4.16. The first-order valence-electron chi connectivity index (χ1n) is 5.89. The lowest BCUT2D eigenvalue weighted by molar-refractivity contribution is 0.125. The summed E-state index contributed by atoms with van der Waals surface area (Å²) in [6, 6.07) is 0. The van der Waals surface area contributed by atoms with Crippen LogP contribution in [0.3, 0.4) is 0 Å². The smallest absolute Gasteiger partial charge is 0.0600 e. The van der Waals surface area contributed by atoms with Crippen LogP contribution in [0.5, 0.6) is 0 Å². The molecule has 88 valence electrons. The van der Waals surface area contributed by atoms with Gasteiger partial charge in [0, 0.05) is 10.2 Å². The molecule has 2 atom stereocenters. The lowest BCUT2D eigenvalue weighted by Gasteiger charge is -2.18. The van der Waals surface area contributed by atoms with E-state index in [1.807, 2.05) is 23.5 Å². The van der Waals surface area contributed by atoms with E-state index in [2.05, 4.69) is 19.9 Å². The Balaban J connectivity index is 2.34. The van der Waals surface area contributed by atoms with Crippen molar-refractivity contribution < 1.29 is 5.11 Å². The lowest BCUT2D eigenvalue weighted by Crippen LogP contribution is -2.15. The molecule has 1 fully saturated rings. The molecule has 0 aliphatic carbocycles. The first-order valence-corrected chi connectivity index (χ1v) is 7.86. The van der Waals surface area contributed by atoms with Crippen molar-refractivity contribution in [3.05, 3.63) is 10.3 Å². The third kappa shape index (κ3) is 5.32. The second-order valence-electron chi connectivity index (χ2n) is 4.10. The summed E-state index contributed by atoms with van der Waals surface area (Å²) >= 11 is 3.89. The topological polar surface area (TPSA) is 20.2 Å². The second-order valence-corrected chi connectivity index (χ2v) is 6.64. The predicted molar refractivity (Wildman–Crippen MR) is 72.3 cm³/mol. The molecular weight excluding hydrogens is 224 g/mol. The molecular formula is C12H22OS2. The number of unbranched alkanes of at least 4 members (excludes halogenated alkanes) is 1. The number of rotatable bonds is 5. The molecule has 1 nitrogen and oxygen atoms in total. The van der Waals surface area contributed by atoms with Crippen LogP contribution in [0.15, 0.2) is 10.3 Å². The Labute approximate surface area is 102 Å². The van der Waals surface area contributed by atoms with Crippen molar-refractivity contribution in [1.29, 1.82) is 0 Å². The quantitative estimate of drug-likeness (QED) is 0.795. The van der Waals surface area contributed by atoms with E-state index in [0.717, 1.165) is 12.8 Å². The van der Waals surface area contributed by atoms with E-state index in [1.54, 1.807) is 0 Å². The molecule has 0 saturated carbocycles. The third-order valence-corrected chi connectivity index (χ3v) is 5.17. The third-order valence-electron chi connectivity index (χ3n) is 2.64. The van der Waals surface area contributed by atoms with Crippen molar-refractivity contribution in [1.82, 2.24) is 0 Å². The second kappa shape index (κ2) is 7.64. The molecule has 0 aromatic carbocycles. The standard InChI is InChI=1S/C12H22OS2/c1-3-4-6-11(13)10(2)9-12-14-7-5-8-15-12/h9-11,13H,3-8H2,1-2H3/t10-,11+/m0/s1. The summed E-state index contributed by atoms with van der Waals surface area (Å²) in [5.41, 5.74) is 0. The van der Waals surface area contributed by atoms with Gasteiger partial charge in [-0.15, -0.1) is 23.5 Å². The molecule has 0 unspecified atom stereocenters. The fraction of sp³-hybridized carbons (Fsp3) is 0.833.